The quantitative estimate of drug-likeness (QED) is 0.844. The first-order chi connectivity index (χ1) is 10.2. The molecule has 21 heavy (non-hydrogen) atoms. The molecule has 1 fully saturated rings. The highest BCUT2D eigenvalue weighted by Crippen LogP contribution is 2.28. The van der Waals surface area contributed by atoms with Crippen molar-refractivity contribution < 1.29 is 4.79 Å². The van der Waals surface area contributed by atoms with E-state index in [9.17, 15) is 4.79 Å². The molecule has 1 aliphatic heterocycles. The number of nitrogens with zero attached hydrogens (tertiary/aromatic N) is 2. The first-order valence-electron chi connectivity index (χ1n) is 7.50. The third-order valence-corrected chi connectivity index (χ3v) is 4.22. The summed E-state index contributed by atoms with van der Waals surface area (Å²) >= 11 is 0. The molecular formula is C18H20N2O. The van der Waals surface area contributed by atoms with Gasteiger partial charge in [0, 0.05) is 31.0 Å². The summed E-state index contributed by atoms with van der Waals surface area (Å²) < 4.78 is 0. The van der Waals surface area contributed by atoms with Gasteiger partial charge >= 0.3 is 0 Å². The van der Waals surface area contributed by atoms with Crippen LogP contribution in [0.2, 0.25) is 0 Å². The van der Waals surface area contributed by atoms with Crippen LogP contribution in [0.15, 0.2) is 48.8 Å². The standard InChI is InChI=1S/C18H20N2O/c1-14-3-2-4-17(13-14)18(21)20-11-7-16(8-12-20)15-5-9-19-10-6-15/h2-6,9-10,13,16H,7-8,11-12H2,1H3. The predicted octanol–water partition coefficient (Wildman–Crippen LogP) is 3.41. The number of amides is 1. The molecular weight excluding hydrogens is 260 g/mol. The van der Waals surface area contributed by atoms with Crippen LogP contribution in [0, 0.1) is 6.92 Å². The molecule has 3 rings (SSSR count). The van der Waals surface area contributed by atoms with Crippen molar-refractivity contribution in [1.82, 2.24) is 9.88 Å². The lowest BCUT2D eigenvalue weighted by Gasteiger charge is -2.32. The summed E-state index contributed by atoms with van der Waals surface area (Å²) in [7, 11) is 0. The molecule has 0 unspecified atom stereocenters. The number of likely N-dealkylation sites (tertiary alicyclic amines) is 1. The van der Waals surface area contributed by atoms with E-state index < -0.39 is 0 Å². The van der Waals surface area contributed by atoms with Gasteiger partial charge in [0.15, 0.2) is 0 Å². The Morgan fingerprint density at radius 3 is 2.52 bits per heavy atom. The fraction of sp³-hybridized carbons (Fsp3) is 0.333. The summed E-state index contributed by atoms with van der Waals surface area (Å²) in [5.41, 5.74) is 3.28. The number of hydrogen-bond acceptors (Lipinski definition) is 2. The van der Waals surface area contributed by atoms with Gasteiger partial charge in [-0.05, 0) is 55.5 Å². The number of carbonyl (C=O) groups is 1. The first-order valence-corrected chi connectivity index (χ1v) is 7.50. The summed E-state index contributed by atoms with van der Waals surface area (Å²) in [6, 6.07) is 12.0. The Kier molecular flexibility index (Phi) is 4.00. The second kappa shape index (κ2) is 6.08. The van der Waals surface area contributed by atoms with Gasteiger partial charge in [0.05, 0.1) is 0 Å². The van der Waals surface area contributed by atoms with Gasteiger partial charge in [-0.25, -0.2) is 0 Å². The van der Waals surface area contributed by atoms with Crippen molar-refractivity contribution >= 4 is 5.91 Å². The SMILES string of the molecule is Cc1cccc(C(=O)N2CCC(c3ccncc3)CC2)c1. The van der Waals surface area contributed by atoms with Crippen LogP contribution in [-0.2, 0) is 0 Å². The summed E-state index contributed by atoms with van der Waals surface area (Å²) in [5, 5.41) is 0. The van der Waals surface area contributed by atoms with Gasteiger partial charge in [0.25, 0.3) is 5.91 Å². The number of aromatic nitrogens is 1. The first kappa shape index (κ1) is 13.8. The van der Waals surface area contributed by atoms with Gasteiger partial charge in [-0.2, -0.15) is 0 Å². The second-order valence-corrected chi connectivity index (χ2v) is 5.72. The fourth-order valence-electron chi connectivity index (χ4n) is 3.01. The van der Waals surface area contributed by atoms with Crippen LogP contribution in [0.4, 0.5) is 0 Å². The van der Waals surface area contributed by atoms with Crippen molar-refractivity contribution in [3.63, 3.8) is 0 Å². The van der Waals surface area contributed by atoms with E-state index in [0.717, 1.165) is 37.1 Å². The number of carbonyl (C=O) groups excluding carboxylic acids is 1. The van der Waals surface area contributed by atoms with E-state index in [1.54, 1.807) is 0 Å². The van der Waals surface area contributed by atoms with Crippen LogP contribution in [-0.4, -0.2) is 28.9 Å². The fourth-order valence-corrected chi connectivity index (χ4v) is 3.01. The Labute approximate surface area is 125 Å². The van der Waals surface area contributed by atoms with E-state index in [1.807, 2.05) is 48.5 Å². The Bertz CT molecular complexity index is 616. The van der Waals surface area contributed by atoms with Crippen molar-refractivity contribution in [2.45, 2.75) is 25.7 Å². The van der Waals surface area contributed by atoms with Gasteiger partial charge in [-0.3, -0.25) is 9.78 Å². The molecule has 1 aromatic heterocycles. The van der Waals surface area contributed by atoms with Crippen LogP contribution in [0.5, 0.6) is 0 Å². The van der Waals surface area contributed by atoms with Crippen molar-refractivity contribution in [1.29, 1.82) is 0 Å². The molecule has 1 amide bonds. The molecule has 0 spiro atoms. The molecule has 0 atom stereocenters. The van der Waals surface area contributed by atoms with E-state index in [1.165, 1.54) is 5.56 Å². The lowest BCUT2D eigenvalue weighted by atomic mass is 9.90. The molecule has 0 saturated carbocycles. The molecule has 1 saturated heterocycles. The van der Waals surface area contributed by atoms with E-state index in [2.05, 4.69) is 17.1 Å². The number of benzene rings is 1. The number of hydrogen-bond donors (Lipinski definition) is 0. The minimum absolute atomic E-state index is 0.159. The number of pyridine rings is 1. The summed E-state index contributed by atoms with van der Waals surface area (Å²) in [6.45, 7) is 3.69. The largest absolute Gasteiger partial charge is 0.339 e. The summed E-state index contributed by atoms with van der Waals surface area (Å²) in [6.07, 6.45) is 5.75. The van der Waals surface area contributed by atoms with E-state index in [-0.39, 0.29) is 5.91 Å². The number of rotatable bonds is 2. The van der Waals surface area contributed by atoms with Gasteiger partial charge in [0.2, 0.25) is 0 Å². The van der Waals surface area contributed by atoms with Gasteiger partial charge in [0.1, 0.15) is 0 Å². The minimum atomic E-state index is 0.159. The molecule has 2 heterocycles. The molecule has 3 heteroatoms. The van der Waals surface area contributed by atoms with Gasteiger partial charge in [-0.15, -0.1) is 0 Å². The zero-order valence-corrected chi connectivity index (χ0v) is 12.3. The van der Waals surface area contributed by atoms with Crippen LogP contribution in [0.25, 0.3) is 0 Å². The maximum Gasteiger partial charge on any atom is 0.253 e. The van der Waals surface area contributed by atoms with Crippen LogP contribution >= 0.6 is 0 Å². The van der Waals surface area contributed by atoms with Crippen molar-refractivity contribution in [3.8, 4) is 0 Å². The lowest BCUT2D eigenvalue weighted by Crippen LogP contribution is -2.37. The molecule has 2 aromatic rings. The maximum atomic E-state index is 12.5. The Balaban J connectivity index is 1.64. The summed E-state index contributed by atoms with van der Waals surface area (Å²) in [5.74, 6) is 0.710. The van der Waals surface area contributed by atoms with Crippen molar-refractivity contribution in [3.05, 3.63) is 65.5 Å². The third-order valence-electron chi connectivity index (χ3n) is 4.22. The molecule has 0 aliphatic carbocycles. The van der Waals surface area contributed by atoms with Crippen molar-refractivity contribution in [2.75, 3.05) is 13.1 Å². The Morgan fingerprint density at radius 2 is 1.86 bits per heavy atom. The van der Waals surface area contributed by atoms with Crippen molar-refractivity contribution in [2.24, 2.45) is 0 Å². The van der Waals surface area contributed by atoms with Gasteiger partial charge < -0.3 is 4.90 Å². The molecule has 1 aromatic carbocycles. The highest BCUT2D eigenvalue weighted by Gasteiger charge is 2.24. The van der Waals surface area contributed by atoms with Crippen LogP contribution < -0.4 is 0 Å². The summed E-state index contributed by atoms with van der Waals surface area (Å²) in [4.78, 5) is 18.6. The Hall–Kier alpha value is -2.16. The third kappa shape index (κ3) is 3.13. The van der Waals surface area contributed by atoms with E-state index in [0.29, 0.717) is 5.92 Å². The monoisotopic (exact) mass is 280 g/mol. The number of aryl methyl sites for hydroxylation is 1. The minimum Gasteiger partial charge on any atom is -0.339 e. The highest BCUT2D eigenvalue weighted by atomic mass is 16.2. The molecule has 0 bridgehead atoms. The highest BCUT2D eigenvalue weighted by molar-refractivity contribution is 5.94. The predicted molar refractivity (Wildman–Crippen MR) is 83.3 cm³/mol. The Morgan fingerprint density at radius 1 is 1.14 bits per heavy atom. The topological polar surface area (TPSA) is 33.2 Å². The molecule has 0 N–H and O–H groups in total. The number of piperidine rings is 1. The zero-order chi connectivity index (χ0) is 14.7. The average molecular weight is 280 g/mol. The molecule has 3 nitrogen and oxygen atoms in total. The van der Waals surface area contributed by atoms with Gasteiger partial charge in [-0.1, -0.05) is 17.7 Å². The second-order valence-electron chi connectivity index (χ2n) is 5.72. The average Bonchev–Trinajstić information content (AvgIpc) is 2.55. The van der Waals surface area contributed by atoms with E-state index >= 15 is 0 Å². The normalized spacial score (nSPS) is 16.0. The smallest absolute Gasteiger partial charge is 0.253 e. The molecule has 0 radical (unpaired) electrons. The van der Waals surface area contributed by atoms with E-state index in [4.69, 9.17) is 0 Å². The van der Waals surface area contributed by atoms with Crippen LogP contribution in [0.1, 0.15) is 40.2 Å². The lowest BCUT2D eigenvalue weighted by molar-refractivity contribution is 0.0713. The maximum absolute atomic E-state index is 12.5. The molecule has 108 valence electrons. The zero-order valence-electron chi connectivity index (χ0n) is 12.3. The van der Waals surface area contributed by atoms with Crippen LogP contribution in [0.3, 0.4) is 0 Å². The molecule has 1 aliphatic rings.